The number of hydrogen-bond acceptors (Lipinski definition) is 3. The minimum Gasteiger partial charge on any atom is -0.365 e. The van der Waals surface area contributed by atoms with Crippen LogP contribution in [0.15, 0.2) is 24.3 Å². The molecule has 7 heteroatoms. The Kier molecular flexibility index (Phi) is 5.42. The SMILES string of the molecule is C[NH+](CC(=O)Nc1sc2c(c1C(N)=O)CCC2)Cc1cccc(Cl)c1. The number of aryl methyl sites for hydroxylation is 1. The average molecular weight is 379 g/mol. The van der Waals surface area contributed by atoms with E-state index in [4.69, 9.17) is 17.3 Å². The second-order valence-corrected chi connectivity index (χ2v) is 7.96. The monoisotopic (exact) mass is 378 g/mol. The van der Waals surface area contributed by atoms with Crippen LogP contribution < -0.4 is 16.0 Å². The third-order valence-corrected chi connectivity index (χ3v) is 5.72. The van der Waals surface area contributed by atoms with E-state index in [1.165, 1.54) is 16.2 Å². The van der Waals surface area contributed by atoms with Crippen LogP contribution in [0.5, 0.6) is 0 Å². The number of anilines is 1. The predicted octanol–water partition coefficient (Wildman–Crippen LogP) is 1.64. The molecule has 1 aromatic carbocycles. The average Bonchev–Trinajstić information content (AvgIpc) is 3.06. The summed E-state index contributed by atoms with van der Waals surface area (Å²) in [7, 11) is 1.95. The topological polar surface area (TPSA) is 76.6 Å². The summed E-state index contributed by atoms with van der Waals surface area (Å²) in [6, 6.07) is 7.62. The van der Waals surface area contributed by atoms with Gasteiger partial charge < -0.3 is 16.0 Å². The van der Waals surface area contributed by atoms with Gasteiger partial charge in [0, 0.05) is 15.5 Å². The molecule has 1 atom stereocenters. The van der Waals surface area contributed by atoms with Crippen molar-refractivity contribution in [2.75, 3.05) is 18.9 Å². The first-order chi connectivity index (χ1) is 11.9. The lowest BCUT2D eigenvalue weighted by Crippen LogP contribution is -3.08. The third-order valence-electron chi connectivity index (χ3n) is 4.28. The Morgan fingerprint density at radius 3 is 2.88 bits per heavy atom. The van der Waals surface area contributed by atoms with Gasteiger partial charge in [0.2, 0.25) is 0 Å². The van der Waals surface area contributed by atoms with Crippen LogP contribution in [0.25, 0.3) is 0 Å². The lowest BCUT2D eigenvalue weighted by Gasteiger charge is -2.14. The van der Waals surface area contributed by atoms with Crippen molar-refractivity contribution in [2.24, 2.45) is 5.73 Å². The van der Waals surface area contributed by atoms with Gasteiger partial charge >= 0.3 is 0 Å². The molecule has 2 amide bonds. The molecule has 5 nitrogen and oxygen atoms in total. The van der Waals surface area contributed by atoms with Crippen LogP contribution in [-0.4, -0.2) is 25.4 Å². The number of nitrogens with one attached hydrogen (secondary N) is 2. The fourth-order valence-electron chi connectivity index (χ4n) is 3.26. The molecular formula is C18H21ClN3O2S+. The Bertz CT molecular complexity index is 819. The standard InChI is InChI=1S/C18H20ClN3O2S/c1-22(9-11-4-2-5-12(19)8-11)10-15(23)21-18-16(17(20)24)13-6-3-7-14(13)25-18/h2,4-5,8H,3,6-7,9-10H2,1H3,(H2,20,24)(H,21,23)/p+1. The van der Waals surface area contributed by atoms with E-state index in [0.717, 1.165) is 35.3 Å². The van der Waals surface area contributed by atoms with E-state index in [2.05, 4.69) is 5.32 Å². The first-order valence-electron chi connectivity index (χ1n) is 8.24. The number of hydrogen-bond donors (Lipinski definition) is 3. The summed E-state index contributed by atoms with van der Waals surface area (Å²) in [6.07, 6.45) is 2.86. The number of rotatable bonds is 6. The van der Waals surface area contributed by atoms with E-state index < -0.39 is 5.91 Å². The highest BCUT2D eigenvalue weighted by atomic mass is 35.5. The minimum absolute atomic E-state index is 0.123. The Morgan fingerprint density at radius 1 is 1.36 bits per heavy atom. The molecule has 0 spiro atoms. The van der Waals surface area contributed by atoms with Crippen LogP contribution in [0.1, 0.15) is 32.8 Å². The van der Waals surface area contributed by atoms with Crippen LogP contribution in [-0.2, 0) is 24.2 Å². The van der Waals surface area contributed by atoms with Gasteiger partial charge in [-0.15, -0.1) is 11.3 Å². The van der Waals surface area contributed by atoms with Gasteiger partial charge in [-0.25, -0.2) is 0 Å². The van der Waals surface area contributed by atoms with Crippen LogP contribution in [0.4, 0.5) is 5.00 Å². The van der Waals surface area contributed by atoms with Gasteiger partial charge in [-0.1, -0.05) is 23.7 Å². The molecule has 0 aliphatic heterocycles. The highest BCUT2D eigenvalue weighted by molar-refractivity contribution is 7.17. The zero-order valence-corrected chi connectivity index (χ0v) is 15.6. The molecule has 2 aromatic rings. The number of quaternary nitrogens is 1. The molecule has 0 radical (unpaired) electrons. The summed E-state index contributed by atoms with van der Waals surface area (Å²) in [4.78, 5) is 26.4. The van der Waals surface area contributed by atoms with Crippen molar-refractivity contribution in [3.8, 4) is 0 Å². The number of thiophene rings is 1. The summed E-state index contributed by atoms with van der Waals surface area (Å²) in [5, 5.41) is 4.17. The van der Waals surface area contributed by atoms with Crippen LogP contribution in [0, 0.1) is 0 Å². The van der Waals surface area contributed by atoms with Gasteiger partial charge in [0.1, 0.15) is 11.5 Å². The van der Waals surface area contributed by atoms with Gasteiger partial charge in [-0.2, -0.15) is 0 Å². The molecule has 1 aliphatic rings. The van der Waals surface area contributed by atoms with E-state index in [0.29, 0.717) is 28.7 Å². The highest BCUT2D eigenvalue weighted by Gasteiger charge is 2.26. The Hall–Kier alpha value is -1.89. The molecule has 25 heavy (non-hydrogen) atoms. The van der Waals surface area contributed by atoms with Gasteiger partial charge in [0.05, 0.1) is 12.6 Å². The maximum Gasteiger partial charge on any atom is 0.280 e. The molecular weight excluding hydrogens is 358 g/mol. The van der Waals surface area contributed by atoms with Crippen LogP contribution in [0.2, 0.25) is 5.02 Å². The van der Waals surface area contributed by atoms with Crippen molar-refractivity contribution < 1.29 is 14.5 Å². The van der Waals surface area contributed by atoms with Crippen molar-refractivity contribution in [1.82, 2.24) is 0 Å². The number of carbonyl (C=O) groups is 2. The Labute approximate surface area is 155 Å². The summed E-state index contributed by atoms with van der Waals surface area (Å²) >= 11 is 7.47. The van der Waals surface area contributed by atoms with Crippen molar-refractivity contribution in [3.63, 3.8) is 0 Å². The number of primary amides is 1. The number of halogens is 1. The molecule has 132 valence electrons. The molecule has 1 unspecified atom stereocenters. The van der Waals surface area contributed by atoms with Crippen molar-refractivity contribution in [3.05, 3.63) is 50.9 Å². The van der Waals surface area contributed by atoms with Gasteiger partial charge in [-0.3, -0.25) is 9.59 Å². The molecule has 1 heterocycles. The largest absolute Gasteiger partial charge is 0.365 e. The number of carbonyl (C=O) groups excluding carboxylic acids is 2. The third kappa shape index (κ3) is 4.21. The molecule has 1 aromatic heterocycles. The normalized spacial score (nSPS) is 14.2. The number of amides is 2. The number of nitrogens with two attached hydrogens (primary N) is 1. The van der Waals surface area contributed by atoms with Gasteiger partial charge in [0.25, 0.3) is 11.8 Å². The van der Waals surface area contributed by atoms with Gasteiger partial charge in [-0.05, 0) is 37.0 Å². The molecule has 4 N–H and O–H groups in total. The fourth-order valence-corrected chi connectivity index (χ4v) is 4.78. The van der Waals surface area contributed by atoms with E-state index >= 15 is 0 Å². The van der Waals surface area contributed by atoms with E-state index in [-0.39, 0.29) is 5.91 Å². The molecule has 1 aliphatic carbocycles. The first kappa shape index (κ1) is 17.9. The Balaban J connectivity index is 1.64. The number of benzene rings is 1. The quantitative estimate of drug-likeness (QED) is 0.714. The van der Waals surface area contributed by atoms with E-state index in [1.54, 1.807) is 0 Å². The van der Waals surface area contributed by atoms with Gasteiger partial charge in [0.15, 0.2) is 6.54 Å². The lowest BCUT2D eigenvalue weighted by molar-refractivity contribution is -0.885. The highest BCUT2D eigenvalue weighted by Crippen LogP contribution is 2.38. The molecule has 3 rings (SSSR count). The Morgan fingerprint density at radius 2 is 2.16 bits per heavy atom. The second kappa shape index (κ2) is 7.56. The zero-order valence-electron chi connectivity index (χ0n) is 14.0. The molecule has 0 fully saturated rings. The number of likely N-dealkylation sites (N-methyl/N-ethyl adjacent to an activating group) is 1. The smallest absolute Gasteiger partial charge is 0.280 e. The summed E-state index contributed by atoms with van der Waals surface area (Å²) < 4.78 is 0. The van der Waals surface area contributed by atoms with E-state index in [9.17, 15) is 9.59 Å². The first-order valence-corrected chi connectivity index (χ1v) is 9.43. The maximum atomic E-state index is 12.4. The van der Waals surface area contributed by atoms with Crippen molar-refractivity contribution >= 4 is 39.8 Å². The summed E-state index contributed by atoms with van der Waals surface area (Å²) in [6.45, 7) is 0.991. The maximum absolute atomic E-state index is 12.4. The van der Waals surface area contributed by atoms with Crippen molar-refractivity contribution in [1.29, 1.82) is 0 Å². The summed E-state index contributed by atoms with van der Waals surface area (Å²) in [5.74, 6) is -0.587. The lowest BCUT2D eigenvalue weighted by atomic mass is 10.1. The molecule has 0 bridgehead atoms. The molecule has 0 saturated heterocycles. The van der Waals surface area contributed by atoms with Crippen molar-refractivity contribution in [2.45, 2.75) is 25.8 Å². The predicted molar refractivity (Wildman–Crippen MR) is 100 cm³/mol. The zero-order chi connectivity index (χ0) is 18.0. The molecule has 0 saturated carbocycles. The summed E-state index contributed by atoms with van der Waals surface area (Å²) in [5.41, 5.74) is 8.12. The number of fused-ring (bicyclic) bond motifs is 1. The van der Waals surface area contributed by atoms with E-state index in [1.807, 2.05) is 31.3 Å². The van der Waals surface area contributed by atoms with Crippen LogP contribution >= 0.6 is 22.9 Å². The van der Waals surface area contributed by atoms with Crippen LogP contribution in [0.3, 0.4) is 0 Å². The second-order valence-electron chi connectivity index (χ2n) is 6.41. The minimum atomic E-state index is -0.464. The fraction of sp³-hybridized carbons (Fsp3) is 0.333.